The second kappa shape index (κ2) is 5.31. The van der Waals surface area contributed by atoms with Crippen LogP contribution >= 0.6 is 0 Å². The summed E-state index contributed by atoms with van der Waals surface area (Å²) in [7, 11) is 1.66. The lowest BCUT2D eigenvalue weighted by atomic mass is 10.1. The predicted molar refractivity (Wildman–Crippen MR) is 58.2 cm³/mol. The topological polar surface area (TPSA) is 21.3 Å². The Hall–Kier alpha value is -1.46. The summed E-state index contributed by atoms with van der Waals surface area (Å²) < 4.78 is 5.08. The highest BCUT2D eigenvalue weighted by Gasteiger charge is 2.02. The second-order valence-corrected chi connectivity index (χ2v) is 3.08. The van der Waals surface area contributed by atoms with Crippen molar-refractivity contribution in [2.24, 2.45) is 0 Å². The molecule has 2 heteroatoms. The Morgan fingerprint density at radius 1 is 1.43 bits per heavy atom. The van der Waals surface area contributed by atoms with E-state index in [-0.39, 0.29) is 6.04 Å². The van der Waals surface area contributed by atoms with Gasteiger partial charge in [-0.05, 0) is 24.6 Å². The molecule has 1 aromatic carbocycles. The van der Waals surface area contributed by atoms with E-state index >= 15 is 0 Å². The normalized spacial score (nSPS) is 11.8. The summed E-state index contributed by atoms with van der Waals surface area (Å²) in [6.07, 6.45) is 5.17. The highest BCUT2D eigenvalue weighted by atomic mass is 16.5. The summed E-state index contributed by atoms with van der Waals surface area (Å²) in [5, 5.41) is 3.21. The van der Waals surface area contributed by atoms with Crippen LogP contribution in [-0.4, -0.2) is 13.7 Å². The van der Waals surface area contributed by atoms with Crippen LogP contribution in [0.4, 0.5) is 0 Å². The minimum absolute atomic E-state index is 0.275. The Morgan fingerprint density at radius 2 is 2.07 bits per heavy atom. The van der Waals surface area contributed by atoms with Gasteiger partial charge in [-0.25, -0.2) is 0 Å². The average molecular weight is 189 g/mol. The molecule has 0 aliphatic heterocycles. The van der Waals surface area contributed by atoms with Gasteiger partial charge in [0.25, 0.3) is 0 Å². The van der Waals surface area contributed by atoms with Crippen molar-refractivity contribution in [2.75, 3.05) is 13.7 Å². The molecule has 2 nitrogen and oxygen atoms in total. The average Bonchev–Trinajstić information content (AvgIpc) is 2.26. The first kappa shape index (κ1) is 10.6. The molecule has 0 unspecified atom stereocenters. The number of terminal acetylenes is 1. The van der Waals surface area contributed by atoms with E-state index in [2.05, 4.69) is 18.2 Å². The van der Waals surface area contributed by atoms with Gasteiger partial charge in [0.15, 0.2) is 0 Å². The molecular formula is C12H15NO. The van der Waals surface area contributed by atoms with Crippen molar-refractivity contribution < 1.29 is 4.74 Å². The Bertz CT molecular complexity index is 310. The Balaban J connectivity index is 2.62. The van der Waals surface area contributed by atoms with Gasteiger partial charge < -0.3 is 4.74 Å². The van der Waals surface area contributed by atoms with E-state index < -0.39 is 0 Å². The smallest absolute Gasteiger partial charge is 0.118 e. The molecule has 0 radical (unpaired) electrons. The fourth-order valence-corrected chi connectivity index (χ4v) is 1.22. The number of benzene rings is 1. The Kier molecular flexibility index (Phi) is 4.03. The van der Waals surface area contributed by atoms with E-state index in [4.69, 9.17) is 11.2 Å². The van der Waals surface area contributed by atoms with Crippen molar-refractivity contribution in [1.82, 2.24) is 5.32 Å². The van der Waals surface area contributed by atoms with E-state index in [1.165, 1.54) is 5.56 Å². The van der Waals surface area contributed by atoms with Gasteiger partial charge in [0.2, 0.25) is 0 Å². The van der Waals surface area contributed by atoms with Gasteiger partial charge in [-0.15, -0.1) is 6.42 Å². The summed E-state index contributed by atoms with van der Waals surface area (Å²) in [4.78, 5) is 0. The molecule has 0 fully saturated rings. The van der Waals surface area contributed by atoms with Gasteiger partial charge in [0.1, 0.15) is 5.75 Å². The summed E-state index contributed by atoms with van der Waals surface area (Å²) >= 11 is 0. The fraction of sp³-hybridized carbons (Fsp3) is 0.333. The van der Waals surface area contributed by atoms with Crippen LogP contribution in [0.25, 0.3) is 0 Å². The number of hydrogen-bond donors (Lipinski definition) is 1. The molecule has 74 valence electrons. The van der Waals surface area contributed by atoms with Crippen molar-refractivity contribution in [2.45, 2.75) is 13.0 Å². The minimum atomic E-state index is 0.275. The fourth-order valence-electron chi connectivity index (χ4n) is 1.22. The van der Waals surface area contributed by atoms with Gasteiger partial charge in [0.05, 0.1) is 13.7 Å². The van der Waals surface area contributed by atoms with E-state index in [0.29, 0.717) is 6.54 Å². The van der Waals surface area contributed by atoms with E-state index in [9.17, 15) is 0 Å². The Labute approximate surface area is 85.3 Å². The third-order valence-electron chi connectivity index (χ3n) is 2.13. The second-order valence-electron chi connectivity index (χ2n) is 3.08. The molecule has 0 aliphatic rings. The molecule has 0 saturated carbocycles. The maximum absolute atomic E-state index is 5.17. The molecule has 1 atom stereocenters. The molecule has 1 N–H and O–H groups in total. The molecule has 0 spiro atoms. The van der Waals surface area contributed by atoms with Crippen LogP contribution in [0, 0.1) is 12.3 Å². The number of ether oxygens (including phenoxy) is 1. The van der Waals surface area contributed by atoms with Crippen LogP contribution in [0.2, 0.25) is 0 Å². The van der Waals surface area contributed by atoms with Crippen LogP contribution < -0.4 is 10.1 Å². The van der Waals surface area contributed by atoms with Gasteiger partial charge in [-0.3, -0.25) is 5.32 Å². The van der Waals surface area contributed by atoms with Crippen molar-refractivity contribution in [1.29, 1.82) is 0 Å². The molecule has 0 aromatic heterocycles. The third kappa shape index (κ3) is 2.79. The highest BCUT2D eigenvalue weighted by Crippen LogP contribution is 2.16. The standard InChI is InChI=1S/C12H15NO/c1-4-9-13-10(2)11-5-7-12(14-3)8-6-11/h1,5-8,10,13H,9H2,2-3H3/t10-/m0/s1. The van der Waals surface area contributed by atoms with Crippen molar-refractivity contribution in [3.8, 4) is 18.1 Å². The summed E-state index contributed by atoms with van der Waals surface area (Å²) in [5.74, 6) is 3.43. The first-order chi connectivity index (χ1) is 6.77. The summed E-state index contributed by atoms with van der Waals surface area (Å²) in [6.45, 7) is 2.67. The van der Waals surface area contributed by atoms with Gasteiger partial charge in [-0.1, -0.05) is 18.1 Å². The molecule has 1 aromatic rings. The molecule has 0 bridgehead atoms. The zero-order valence-corrected chi connectivity index (χ0v) is 8.58. The predicted octanol–water partition coefficient (Wildman–Crippen LogP) is 1.98. The monoisotopic (exact) mass is 189 g/mol. The van der Waals surface area contributed by atoms with Crippen LogP contribution in [-0.2, 0) is 0 Å². The molecule has 0 heterocycles. The lowest BCUT2D eigenvalue weighted by molar-refractivity contribution is 0.414. The van der Waals surface area contributed by atoms with E-state index in [1.54, 1.807) is 7.11 Å². The van der Waals surface area contributed by atoms with Crippen molar-refractivity contribution in [3.05, 3.63) is 29.8 Å². The molecular weight excluding hydrogens is 174 g/mol. The number of rotatable bonds is 4. The van der Waals surface area contributed by atoms with Crippen molar-refractivity contribution in [3.63, 3.8) is 0 Å². The number of hydrogen-bond acceptors (Lipinski definition) is 2. The minimum Gasteiger partial charge on any atom is -0.497 e. The van der Waals surface area contributed by atoms with Crippen molar-refractivity contribution >= 4 is 0 Å². The lowest BCUT2D eigenvalue weighted by Gasteiger charge is -2.12. The van der Waals surface area contributed by atoms with Gasteiger partial charge >= 0.3 is 0 Å². The SMILES string of the molecule is C#CCN[C@@H](C)c1ccc(OC)cc1. The molecule has 0 saturated heterocycles. The largest absolute Gasteiger partial charge is 0.497 e. The molecule has 0 amide bonds. The zero-order chi connectivity index (χ0) is 10.4. The van der Waals surface area contributed by atoms with E-state index in [0.717, 1.165) is 5.75 Å². The van der Waals surface area contributed by atoms with Crippen LogP contribution in [0.5, 0.6) is 5.75 Å². The lowest BCUT2D eigenvalue weighted by Crippen LogP contribution is -2.18. The molecule has 1 rings (SSSR count). The summed E-state index contributed by atoms with van der Waals surface area (Å²) in [5.41, 5.74) is 1.21. The quantitative estimate of drug-likeness (QED) is 0.731. The van der Waals surface area contributed by atoms with Crippen LogP contribution in [0.1, 0.15) is 18.5 Å². The maximum atomic E-state index is 5.17. The number of nitrogens with one attached hydrogen (secondary N) is 1. The highest BCUT2D eigenvalue weighted by molar-refractivity contribution is 5.28. The van der Waals surface area contributed by atoms with Crippen LogP contribution in [0.15, 0.2) is 24.3 Å². The zero-order valence-electron chi connectivity index (χ0n) is 8.58. The maximum Gasteiger partial charge on any atom is 0.118 e. The first-order valence-corrected chi connectivity index (χ1v) is 4.58. The van der Waals surface area contributed by atoms with Gasteiger partial charge in [0, 0.05) is 6.04 Å². The number of methoxy groups -OCH3 is 1. The molecule has 0 aliphatic carbocycles. The Morgan fingerprint density at radius 3 is 2.57 bits per heavy atom. The summed E-state index contributed by atoms with van der Waals surface area (Å²) in [6, 6.07) is 8.24. The van der Waals surface area contributed by atoms with Crippen LogP contribution in [0.3, 0.4) is 0 Å². The third-order valence-corrected chi connectivity index (χ3v) is 2.13. The first-order valence-electron chi connectivity index (χ1n) is 4.58. The molecule has 14 heavy (non-hydrogen) atoms. The van der Waals surface area contributed by atoms with E-state index in [1.807, 2.05) is 24.3 Å². The van der Waals surface area contributed by atoms with Gasteiger partial charge in [-0.2, -0.15) is 0 Å².